The Morgan fingerprint density at radius 3 is 2.30 bits per heavy atom. The van der Waals surface area contributed by atoms with Gasteiger partial charge in [0.15, 0.2) is 5.78 Å². The summed E-state index contributed by atoms with van der Waals surface area (Å²) >= 11 is 12.3. The zero-order chi connectivity index (χ0) is 19.1. The average Bonchev–Trinajstić information content (AvgIpc) is 2.61. The summed E-state index contributed by atoms with van der Waals surface area (Å²) in [6.07, 6.45) is 2.23. The number of aryl methyl sites for hydroxylation is 1. The highest BCUT2D eigenvalue weighted by molar-refractivity contribution is 6.35. The van der Waals surface area contributed by atoms with Gasteiger partial charge in [0.1, 0.15) is 0 Å². The van der Waals surface area contributed by atoms with Gasteiger partial charge in [0.25, 0.3) is 0 Å². The van der Waals surface area contributed by atoms with Crippen LogP contribution in [0.3, 0.4) is 0 Å². The van der Waals surface area contributed by atoms with E-state index >= 15 is 0 Å². The van der Waals surface area contributed by atoms with Gasteiger partial charge in [-0.15, -0.1) is 0 Å². The molecule has 0 fully saturated rings. The minimum absolute atomic E-state index is 0.0349. The van der Waals surface area contributed by atoms with E-state index in [2.05, 4.69) is 0 Å². The summed E-state index contributed by atoms with van der Waals surface area (Å²) in [7, 11) is 0. The standard InChI is InChI=1S/C22H19Cl2NO2/c1-13-5-7-14(8-6-13)18-12-21(27)25(17-10-15(23)9-16(24)11-17)19-3-2-4-20(26)22(18)19/h5-11,18H,2-4,12H2,1H3. The van der Waals surface area contributed by atoms with E-state index in [1.165, 1.54) is 0 Å². The molecule has 27 heavy (non-hydrogen) atoms. The van der Waals surface area contributed by atoms with Gasteiger partial charge in [0.2, 0.25) is 5.91 Å². The van der Waals surface area contributed by atoms with Crippen LogP contribution in [0.25, 0.3) is 0 Å². The highest BCUT2D eigenvalue weighted by atomic mass is 35.5. The molecule has 1 unspecified atom stereocenters. The Kier molecular flexibility index (Phi) is 4.83. The molecule has 1 atom stereocenters. The summed E-state index contributed by atoms with van der Waals surface area (Å²) in [4.78, 5) is 27.6. The Morgan fingerprint density at radius 1 is 0.963 bits per heavy atom. The van der Waals surface area contributed by atoms with Crippen molar-refractivity contribution < 1.29 is 9.59 Å². The van der Waals surface area contributed by atoms with Gasteiger partial charge in [-0.05, 0) is 43.5 Å². The number of benzene rings is 2. The Bertz CT molecular complexity index is 943. The molecule has 1 amide bonds. The van der Waals surface area contributed by atoms with Crippen molar-refractivity contribution in [3.63, 3.8) is 0 Å². The molecule has 1 aliphatic carbocycles. The van der Waals surface area contributed by atoms with Crippen LogP contribution in [-0.4, -0.2) is 11.7 Å². The first-order valence-electron chi connectivity index (χ1n) is 9.06. The van der Waals surface area contributed by atoms with Crippen LogP contribution in [-0.2, 0) is 9.59 Å². The van der Waals surface area contributed by atoms with Crippen molar-refractivity contribution in [2.24, 2.45) is 0 Å². The Balaban J connectivity index is 1.86. The van der Waals surface area contributed by atoms with E-state index in [1.807, 2.05) is 31.2 Å². The predicted octanol–water partition coefficient (Wildman–Crippen LogP) is 5.83. The fourth-order valence-corrected chi connectivity index (χ4v) is 4.56. The van der Waals surface area contributed by atoms with Gasteiger partial charge in [-0.25, -0.2) is 0 Å². The largest absolute Gasteiger partial charge is 0.294 e. The maximum Gasteiger partial charge on any atom is 0.232 e. The van der Waals surface area contributed by atoms with Gasteiger partial charge in [-0.1, -0.05) is 53.0 Å². The van der Waals surface area contributed by atoms with E-state index in [0.29, 0.717) is 28.6 Å². The smallest absolute Gasteiger partial charge is 0.232 e. The van der Waals surface area contributed by atoms with Gasteiger partial charge in [0.05, 0.1) is 5.69 Å². The van der Waals surface area contributed by atoms with E-state index in [4.69, 9.17) is 23.2 Å². The van der Waals surface area contributed by atoms with Crippen LogP contribution in [0.2, 0.25) is 10.0 Å². The monoisotopic (exact) mass is 399 g/mol. The van der Waals surface area contributed by atoms with E-state index in [0.717, 1.165) is 28.8 Å². The molecular weight excluding hydrogens is 381 g/mol. The lowest BCUT2D eigenvalue weighted by molar-refractivity contribution is -0.119. The molecule has 2 aliphatic rings. The molecule has 3 nitrogen and oxygen atoms in total. The summed E-state index contributed by atoms with van der Waals surface area (Å²) in [5, 5.41) is 0.936. The normalized spacial score (nSPS) is 20.1. The van der Waals surface area contributed by atoms with Crippen LogP contribution in [0.1, 0.15) is 42.7 Å². The van der Waals surface area contributed by atoms with Crippen molar-refractivity contribution in [2.45, 2.75) is 38.5 Å². The summed E-state index contributed by atoms with van der Waals surface area (Å²) in [5.74, 6) is -0.0911. The van der Waals surface area contributed by atoms with E-state index in [1.54, 1.807) is 23.1 Å². The lowest BCUT2D eigenvalue weighted by atomic mass is 9.77. The number of hydrogen-bond donors (Lipinski definition) is 0. The van der Waals surface area contributed by atoms with Gasteiger partial charge in [0, 0.05) is 40.1 Å². The third-order valence-electron chi connectivity index (χ3n) is 5.26. The number of amides is 1. The van der Waals surface area contributed by atoms with Crippen LogP contribution < -0.4 is 4.90 Å². The average molecular weight is 400 g/mol. The Morgan fingerprint density at radius 2 is 1.63 bits per heavy atom. The van der Waals surface area contributed by atoms with Gasteiger partial charge in [-0.3, -0.25) is 14.5 Å². The fourth-order valence-electron chi connectivity index (χ4n) is 4.04. The molecule has 0 aromatic heterocycles. The second kappa shape index (κ2) is 7.14. The summed E-state index contributed by atoms with van der Waals surface area (Å²) in [5.41, 5.74) is 4.36. The zero-order valence-corrected chi connectivity index (χ0v) is 16.5. The van der Waals surface area contributed by atoms with Crippen molar-refractivity contribution in [2.75, 3.05) is 4.90 Å². The third kappa shape index (κ3) is 3.42. The lowest BCUT2D eigenvalue weighted by Crippen LogP contribution is -2.40. The molecule has 0 radical (unpaired) electrons. The molecule has 1 aliphatic heterocycles. The minimum Gasteiger partial charge on any atom is -0.294 e. The first kappa shape index (κ1) is 18.3. The number of nitrogens with zero attached hydrogens (tertiary/aromatic N) is 1. The number of hydrogen-bond acceptors (Lipinski definition) is 2. The molecule has 0 bridgehead atoms. The summed E-state index contributed by atoms with van der Waals surface area (Å²) < 4.78 is 0. The number of halogens is 2. The first-order valence-corrected chi connectivity index (χ1v) is 9.81. The van der Waals surface area contributed by atoms with Crippen molar-refractivity contribution >= 4 is 40.6 Å². The van der Waals surface area contributed by atoms with Crippen LogP contribution in [0.4, 0.5) is 5.69 Å². The molecule has 2 aromatic carbocycles. The van der Waals surface area contributed by atoms with Gasteiger partial charge >= 0.3 is 0 Å². The van der Waals surface area contributed by atoms with Crippen molar-refractivity contribution in [1.82, 2.24) is 0 Å². The number of carbonyl (C=O) groups is 2. The molecule has 1 heterocycles. The Labute approximate surface area is 168 Å². The number of anilines is 1. The van der Waals surface area contributed by atoms with E-state index in [9.17, 15) is 9.59 Å². The first-order chi connectivity index (χ1) is 12.9. The quantitative estimate of drug-likeness (QED) is 0.636. The van der Waals surface area contributed by atoms with Crippen molar-refractivity contribution in [3.05, 3.63) is 74.9 Å². The van der Waals surface area contributed by atoms with Gasteiger partial charge in [-0.2, -0.15) is 0 Å². The number of rotatable bonds is 2. The number of Topliss-reactive ketones (excluding diaryl/α,β-unsaturated/α-hetero) is 1. The molecule has 2 aromatic rings. The van der Waals surface area contributed by atoms with Crippen LogP contribution >= 0.6 is 23.2 Å². The number of allylic oxidation sites excluding steroid dienone is 2. The highest BCUT2D eigenvalue weighted by Crippen LogP contribution is 2.44. The Hall–Kier alpha value is -2.10. The van der Waals surface area contributed by atoms with Gasteiger partial charge < -0.3 is 0 Å². The fraction of sp³-hybridized carbons (Fsp3) is 0.273. The molecule has 0 N–H and O–H groups in total. The summed E-state index contributed by atoms with van der Waals surface area (Å²) in [6.45, 7) is 2.02. The van der Waals surface area contributed by atoms with E-state index < -0.39 is 0 Å². The maximum atomic E-state index is 13.1. The molecule has 5 heteroatoms. The van der Waals surface area contributed by atoms with E-state index in [-0.39, 0.29) is 24.0 Å². The second-order valence-corrected chi connectivity index (χ2v) is 8.03. The zero-order valence-electron chi connectivity index (χ0n) is 15.0. The summed E-state index contributed by atoms with van der Waals surface area (Å²) in [6, 6.07) is 13.2. The highest BCUT2D eigenvalue weighted by Gasteiger charge is 2.39. The lowest BCUT2D eigenvalue weighted by Gasteiger charge is -2.38. The topological polar surface area (TPSA) is 37.4 Å². The SMILES string of the molecule is Cc1ccc(C2CC(=O)N(c3cc(Cl)cc(Cl)c3)C3=C2C(=O)CCC3)cc1. The number of carbonyl (C=O) groups excluding carboxylic acids is 2. The molecular formula is C22H19Cl2NO2. The second-order valence-electron chi connectivity index (χ2n) is 7.16. The molecule has 0 saturated heterocycles. The van der Waals surface area contributed by atoms with Crippen molar-refractivity contribution in [1.29, 1.82) is 0 Å². The van der Waals surface area contributed by atoms with Crippen LogP contribution in [0.15, 0.2) is 53.7 Å². The molecule has 0 saturated carbocycles. The minimum atomic E-state index is -0.188. The van der Waals surface area contributed by atoms with Crippen LogP contribution in [0.5, 0.6) is 0 Å². The molecule has 4 rings (SSSR count). The van der Waals surface area contributed by atoms with Crippen molar-refractivity contribution in [3.8, 4) is 0 Å². The third-order valence-corrected chi connectivity index (χ3v) is 5.70. The molecule has 138 valence electrons. The number of ketones is 1. The molecule has 0 spiro atoms. The maximum absolute atomic E-state index is 13.1. The van der Waals surface area contributed by atoms with Crippen LogP contribution in [0, 0.1) is 6.92 Å². The predicted molar refractivity (Wildman–Crippen MR) is 108 cm³/mol.